The molecule has 0 bridgehead atoms. The van der Waals surface area contributed by atoms with E-state index in [1.807, 2.05) is 0 Å². The van der Waals surface area contributed by atoms with Crippen molar-refractivity contribution in [3.63, 3.8) is 0 Å². The second-order valence-electron chi connectivity index (χ2n) is 7.29. The van der Waals surface area contributed by atoms with Crippen LogP contribution in [0.25, 0.3) is 0 Å². The number of ketones is 2. The van der Waals surface area contributed by atoms with Crippen molar-refractivity contribution in [3.8, 4) is 0 Å². The predicted molar refractivity (Wildman–Crippen MR) is 100 cm³/mol. The van der Waals surface area contributed by atoms with Gasteiger partial charge in [0.15, 0.2) is 5.78 Å². The standard InChI is InChI=1S/C18H34N4O4/c1-10(2)14(23)7-6-13(17(25)11(3)4)22-15(24)9-21-18(26)16(20)12(5)8-19/h10-13,16H,6-9,19-20H2,1-5H3,(H,21,26)(H,22,24)/t12?,13-,16-/m0/s1. The quantitative estimate of drug-likeness (QED) is 0.372. The Morgan fingerprint density at radius 3 is 2.00 bits per heavy atom. The number of carbonyl (C=O) groups excluding carboxylic acids is 4. The normalized spacial score (nSPS) is 14.7. The first-order valence-electron chi connectivity index (χ1n) is 9.10. The van der Waals surface area contributed by atoms with Crippen molar-refractivity contribution in [2.75, 3.05) is 13.1 Å². The number of nitrogens with two attached hydrogens (primary N) is 2. The number of amides is 2. The molecule has 3 atom stereocenters. The molecular formula is C18H34N4O4. The van der Waals surface area contributed by atoms with Crippen molar-refractivity contribution in [1.29, 1.82) is 0 Å². The maximum Gasteiger partial charge on any atom is 0.239 e. The maximum atomic E-state index is 12.3. The highest BCUT2D eigenvalue weighted by Gasteiger charge is 2.25. The molecule has 6 N–H and O–H groups in total. The predicted octanol–water partition coefficient (Wildman–Crippen LogP) is -0.260. The first-order valence-corrected chi connectivity index (χ1v) is 9.10. The SMILES string of the molecule is CC(C)C(=O)CC[C@H](NC(=O)CNC(=O)[C@@H](N)C(C)CN)C(=O)C(C)C. The zero-order valence-corrected chi connectivity index (χ0v) is 16.5. The van der Waals surface area contributed by atoms with Crippen LogP contribution < -0.4 is 22.1 Å². The van der Waals surface area contributed by atoms with Crippen LogP contribution in [0.3, 0.4) is 0 Å². The zero-order chi connectivity index (χ0) is 20.4. The lowest BCUT2D eigenvalue weighted by molar-refractivity contribution is -0.131. The van der Waals surface area contributed by atoms with E-state index < -0.39 is 23.9 Å². The Hall–Kier alpha value is -1.80. The summed E-state index contributed by atoms with van der Waals surface area (Å²) in [6.45, 7) is 8.77. The third-order valence-corrected chi connectivity index (χ3v) is 4.28. The van der Waals surface area contributed by atoms with E-state index in [4.69, 9.17) is 11.5 Å². The van der Waals surface area contributed by atoms with Gasteiger partial charge in [0.25, 0.3) is 0 Å². The summed E-state index contributed by atoms with van der Waals surface area (Å²) in [7, 11) is 0. The molecule has 0 saturated heterocycles. The average Bonchev–Trinajstić information content (AvgIpc) is 2.60. The van der Waals surface area contributed by atoms with Crippen molar-refractivity contribution in [3.05, 3.63) is 0 Å². The van der Waals surface area contributed by atoms with Crippen molar-refractivity contribution >= 4 is 23.4 Å². The molecule has 0 aliphatic carbocycles. The molecule has 0 spiro atoms. The lowest BCUT2D eigenvalue weighted by atomic mass is 9.94. The molecule has 8 heteroatoms. The third-order valence-electron chi connectivity index (χ3n) is 4.28. The number of Topliss-reactive ketones (excluding diaryl/α,β-unsaturated/α-hetero) is 2. The highest BCUT2D eigenvalue weighted by Crippen LogP contribution is 2.09. The minimum absolute atomic E-state index is 0.0378. The Bertz CT molecular complexity index is 505. The summed E-state index contributed by atoms with van der Waals surface area (Å²) >= 11 is 0. The van der Waals surface area contributed by atoms with Gasteiger partial charge in [0.05, 0.1) is 18.6 Å². The topological polar surface area (TPSA) is 144 Å². The van der Waals surface area contributed by atoms with Gasteiger partial charge in [0, 0.05) is 18.3 Å². The molecule has 0 aromatic heterocycles. The molecule has 0 aliphatic heterocycles. The summed E-state index contributed by atoms with van der Waals surface area (Å²) in [5, 5.41) is 5.05. The molecule has 0 aromatic carbocycles. The molecule has 0 rings (SSSR count). The second-order valence-corrected chi connectivity index (χ2v) is 7.29. The van der Waals surface area contributed by atoms with Crippen molar-refractivity contribution in [2.45, 2.75) is 59.5 Å². The summed E-state index contributed by atoms with van der Waals surface area (Å²) < 4.78 is 0. The van der Waals surface area contributed by atoms with E-state index in [1.165, 1.54) is 0 Å². The van der Waals surface area contributed by atoms with Crippen molar-refractivity contribution in [1.82, 2.24) is 10.6 Å². The molecule has 2 amide bonds. The molecule has 0 fully saturated rings. The fourth-order valence-electron chi connectivity index (χ4n) is 2.20. The third kappa shape index (κ3) is 8.53. The first-order chi connectivity index (χ1) is 12.0. The van der Waals surface area contributed by atoms with Crippen LogP contribution in [0.1, 0.15) is 47.5 Å². The molecule has 150 valence electrons. The molecule has 0 saturated carbocycles. The smallest absolute Gasteiger partial charge is 0.239 e. The van der Waals surface area contributed by atoms with E-state index in [0.29, 0.717) is 0 Å². The van der Waals surface area contributed by atoms with Crippen LogP contribution in [0.5, 0.6) is 0 Å². The van der Waals surface area contributed by atoms with Crippen LogP contribution in [-0.4, -0.2) is 48.6 Å². The molecule has 0 aliphatic rings. The van der Waals surface area contributed by atoms with Crippen LogP contribution in [-0.2, 0) is 19.2 Å². The Morgan fingerprint density at radius 2 is 1.54 bits per heavy atom. The average molecular weight is 370 g/mol. The highest BCUT2D eigenvalue weighted by atomic mass is 16.2. The van der Waals surface area contributed by atoms with Gasteiger partial charge in [-0.1, -0.05) is 34.6 Å². The summed E-state index contributed by atoms with van der Waals surface area (Å²) in [5.74, 6) is -1.68. The summed E-state index contributed by atoms with van der Waals surface area (Å²) in [5.41, 5.74) is 11.2. The van der Waals surface area contributed by atoms with Crippen LogP contribution in [0, 0.1) is 17.8 Å². The molecule has 0 aromatic rings. The fourth-order valence-corrected chi connectivity index (χ4v) is 2.20. The number of carbonyl (C=O) groups is 4. The minimum Gasteiger partial charge on any atom is -0.346 e. The van der Waals surface area contributed by atoms with Crippen LogP contribution in [0.2, 0.25) is 0 Å². The zero-order valence-electron chi connectivity index (χ0n) is 16.5. The summed E-state index contributed by atoms with van der Waals surface area (Å²) in [6.07, 6.45) is 0.462. The van der Waals surface area contributed by atoms with Gasteiger partial charge in [-0.25, -0.2) is 0 Å². The van der Waals surface area contributed by atoms with Gasteiger partial charge in [0.2, 0.25) is 11.8 Å². The van der Waals surface area contributed by atoms with Gasteiger partial charge in [-0.3, -0.25) is 19.2 Å². The summed E-state index contributed by atoms with van der Waals surface area (Å²) in [4.78, 5) is 48.1. The number of hydrogen-bond acceptors (Lipinski definition) is 6. The molecular weight excluding hydrogens is 336 g/mol. The first kappa shape index (κ1) is 24.2. The van der Waals surface area contributed by atoms with Gasteiger partial charge in [-0.2, -0.15) is 0 Å². The molecule has 1 unspecified atom stereocenters. The van der Waals surface area contributed by atoms with Gasteiger partial charge in [-0.15, -0.1) is 0 Å². The van der Waals surface area contributed by atoms with Gasteiger partial charge in [0.1, 0.15) is 5.78 Å². The maximum absolute atomic E-state index is 12.3. The summed E-state index contributed by atoms with van der Waals surface area (Å²) in [6, 6.07) is -1.55. The van der Waals surface area contributed by atoms with Gasteiger partial charge >= 0.3 is 0 Å². The monoisotopic (exact) mass is 370 g/mol. The number of nitrogens with one attached hydrogen (secondary N) is 2. The lowest BCUT2D eigenvalue weighted by Gasteiger charge is -2.21. The van der Waals surface area contributed by atoms with Gasteiger partial charge < -0.3 is 22.1 Å². The van der Waals surface area contributed by atoms with E-state index in [9.17, 15) is 19.2 Å². The molecule has 26 heavy (non-hydrogen) atoms. The Labute approximate surface area is 155 Å². The fraction of sp³-hybridized carbons (Fsp3) is 0.778. The minimum atomic E-state index is -0.801. The van der Waals surface area contributed by atoms with E-state index >= 15 is 0 Å². The van der Waals surface area contributed by atoms with Crippen molar-refractivity contribution in [2.24, 2.45) is 29.2 Å². The van der Waals surface area contributed by atoms with Crippen LogP contribution >= 0.6 is 0 Å². The van der Waals surface area contributed by atoms with Crippen molar-refractivity contribution < 1.29 is 19.2 Å². The molecule has 8 nitrogen and oxygen atoms in total. The van der Waals surface area contributed by atoms with Gasteiger partial charge in [-0.05, 0) is 18.9 Å². The highest BCUT2D eigenvalue weighted by molar-refractivity contribution is 5.93. The Morgan fingerprint density at radius 1 is 0.962 bits per heavy atom. The number of rotatable bonds is 12. The molecule has 0 heterocycles. The van der Waals surface area contributed by atoms with Crippen LogP contribution in [0.15, 0.2) is 0 Å². The van der Waals surface area contributed by atoms with E-state index in [1.54, 1.807) is 34.6 Å². The van der Waals surface area contributed by atoms with E-state index in [-0.39, 0.29) is 55.3 Å². The molecule has 0 radical (unpaired) electrons. The Kier molecular flexibility index (Phi) is 10.9. The van der Waals surface area contributed by atoms with E-state index in [2.05, 4.69) is 10.6 Å². The van der Waals surface area contributed by atoms with Crippen LogP contribution in [0.4, 0.5) is 0 Å². The second kappa shape index (κ2) is 11.7. The van der Waals surface area contributed by atoms with E-state index in [0.717, 1.165) is 0 Å². The largest absolute Gasteiger partial charge is 0.346 e. The Balaban J connectivity index is 4.69. The lowest BCUT2D eigenvalue weighted by Crippen LogP contribution is -2.51. The number of hydrogen-bond donors (Lipinski definition) is 4.